The third kappa shape index (κ3) is 5.39. The highest BCUT2D eigenvalue weighted by Crippen LogP contribution is 2.33. The Balaban J connectivity index is 2.33. The molecule has 2 atom stereocenters. The smallest absolute Gasteiger partial charge is 0.288 e. The number of benzene rings is 2. The van der Waals surface area contributed by atoms with Gasteiger partial charge < -0.3 is 0 Å². The normalized spacial score (nSPS) is 13.4. The molecule has 0 aliphatic heterocycles. The maximum absolute atomic E-state index is 13.0. The van der Waals surface area contributed by atoms with E-state index in [0.29, 0.717) is 33.0 Å². The largest absolute Gasteiger partial charge is 0.377 e. The van der Waals surface area contributed by atoms with Crippen molar-refractivity contribution in [3.8, 4) is 0 Å². The summed E-state index contributed by atoms with van der Waals surface area (Å²) < 4.78 is 13.0. The Morgan fingerprint density at radius 2 is 1.62 bits per heavy atom. The summed E-state index contributed by atoms with van der Waals surface area (Å²) in [5.41, 5.74) is 0.844. The van der Waals surface area contributed by atoms with Gasteiger partial charge >= 0.3 is 7.80 Å². The average Bonchev–Trinajstić information content (AvgIpc) is 2.52. The predicted octanol–water partition coefficient (Wildman–Crippen LogP) is 6.75. The third-order valence-corrected chi connectivity index (χ3v) is 6.56. The Labute approximate surface area is 166 Å². The number of halogens is 2. The molecular formula is C21H24Cl2O2P+. The summed E-state index contributed by atoms with van der Waals surface area (Å²) in [7, 11) is -1.69. The van der Waals surface area contributed by atoms with Crippen molar-refractivity contribution in [2.75, 3.05) is 6.16 Å². The van der Waals surface area contributed by atoms with Crippen molar-refractivity contribution in [3.63, 3.8) is 0 Å². The van der Waals surface area contributed by atoms with E-state index in [-0.39, 0.29) is 16.8 Å². The summed E-state index contributed by atoms with van der Waals surface area (Å²) in [6.45, 7) is 8.63. The summed E-state index contributed by atoms with van der Waals surface area (Å²) in [5.74, 6) is 0.00805. The van der Waals surface area contributed by atoms with Crippen LogP contribution in [0.3, 0.4) is 0 Å². The van der Waals surface area contributed by atoms with Crippen molar-refractivity contribution in [2.24, 2.45) is 11.3 Å². The second-order valence-electron chi connectivity index (χ2n) is 7.87. The minimum absolute atomic E-state index is 0.177. The minimum Gasteiger partial charge on any atom is -0.288 e. The molecule has 0 spiro atoms. The number of carbonyl (C=O) groups is 1. The van der Waals surface area contributed by atoms with Gasteiger partial charge in [0.2, 0.25) is 11.1 Å². The van der Waals surface area contributed by atoms with Gasteiger partial charge in [-0.25, -0.2) is 0 Å². The quantitative estimate of drug-likeness (QED) is 0.390. The van der Waals surface area contributed by atoms with E-state index in [1.807, 2.05) is 6.07 Å². The zero-order valence-corrected chi connectivity index (χ0v) is 18.0. The monoisotopic (exact) mass is 409 g/mol. The van der Waals surface area contributed by atoms with Crippen LogP contribution in [0.25, 0.3) is 0 Å². The van der Waals surface area contributed by atoms with Crippen LogP contribution in [0, 0.1) is 11.3 Å². The van der Waals surface area contributed by atoms with Crippen LogP contribution in [0.15, 0.2) is 42.5 Å². The Morgan fingerprint density at radius 3 is 2.19 bits per heavy atom. The van der Waals surface area contributed by atoms with E-state index in [1.54, 1.807) is 36.4 Å². The fourth-order valence-corrected chi connectivity index (χ4v) is 5.38. The number of hydrogen-bond donors (Lipinski definition) is 0. The predicted molar refractivity (Wildman–Crippen MR) is 112 cm³/mol. The van der Waals surface area contributed by atoms with Gasteiger partial charge in [0.25, 0.3) is 0 Å². The fourth-order valence-electron chi connectivity index (χ4n) is 3.22. The molecule has 2 rings (SSSR count). The lowest BCUT2D eigenvalue weighted by Gasteiger charge is -2.20. The molecule has 0 heterocycles. The van der Waals surface area contributed by atoms with E-state index in [9.17, 15) is 9.36 Å². The molecule has 0 fully saturated rings. The van der Waals surface area contributed by atoms with Crippen LogP contribution >= 0.6 is 31.0 Å². The van der Waals surface area contributed by atoms with Gasteiger partial charge in [0, 0.05) is 5.92 Å². The Bertz CT molecular complexity index is 805. The summed E-state index contributed by atoms with van der Waals surface area (Å²) in [4.78, 5) is 13.0. The van der Waals surface area contributed by atoms with Crippen molar-refractivity contribution < 1.29 is 9.36 Å². The van der Waals surface area contributed by atoms with Gasteiger partial charge in [-0.3, -0.25) is 4.79 Å². The Hall–Kier alpha value is -1.21. The van der Waals surface area contributed by atoms with Crippen molar-refractivity contribution >= 4 is 42.1 Å². The lowest BCUT2D eigenvalue weighted by molar-refractivity contribution is 0.104. The summed E-state index contributed by atoms with van der Waals surface area (Å²) in [5, 5.41) is 1.17. The highest BCUT2D eigenvalue weighted by molar-refractivity contribution is 7.53. The SMILES string of the molecule is CC(C[P+](=O)c1ccccc1C(=O)c1c(Cl)cccc1Cl)CC(C)(C)C. The van der Waals surface area contributed by atoms with E-state index in [0.717, 1.165) is 6.42 Å². The first-order valence-electron chi connectivity index (χ1n) is 8.62. The standard InChI is InChI=1S/C21H24Cl2O2P/c1-14(12-21(2,3)4)13-26(25)18-11-6-5-8-15(18)20(24)19-16(22)9-7-10-17(19)23/h5-11,14H,12-13H2,1-4H3/q+1. The van der Waals surface area contributed by atoms with Crippen LogP contribution in [0.5, 0.6) is 0 Å². The molecule has 0 aliphatic carbocycles. The second kappa shape index (κ2) is 8.65. The van der Waals surface area contributed by atoms with E-state index in [4.69, 9.17) is 23.2 Å². The van der Waals surface area contributed by atoms with Crippen LogP contribution in [0.4, 0.5) is 0 Å². The molecule has 26 heavy (non-hydrogen) atoms. The first-order valence-corrected chi connectivity index (χ1v) is 10.8. The summed E-state index contributed by atoms with van der Waals surface area (Å²) in [6, 6.07) is 12.0. The average molecular weight is 410 g/mol. The molecule has 2 nitrogen and oxygen atoms in total. The number of hydrogen-bond acceptors (Lipinski definition) is 2. The molecule has 0 bridgehead atoms. The van der Waals surface area contributed by atoms with E-state index < -0.39 is 7.80 Å². The molecule has 138 valence electrons. The van der Waals surface area contributed by atoms with E-state index in [1.165, 1.54) is 0 Å². The van der Waals surface area contributed by atoms with Crippen LogP contribution in [-0.4, -0.2) is 11.9 Å². The number of carbonyl (C=O) groups excluding carboxylic acids is 1. The van der Waals surface area contributed by atoms with Gasteiger partial charge in [0.05, 0.1) is 21.2 Å². The molecule has 0 N–H and O–H groups in total. The van der Waals surface area contributed by atoms with Crippen LogP contribution in [0.1, 0.15) is 50.0 Å². The van der Waals surface area contributed by atoms with Crippen molar-refractivity contribution in [3.05, 3.63) is 63.6 Å². The molecule has 0 aromatic heterocycles. The lowest BCUT2D eigenvalue weighted by atomic mass is 9.86. The molecule has 0 aliphatic rings. The number of rotatable bonds is 6. The van der Waals surface area contributed by atoms with Crippen molar-refractivity contribution in [1.29, 1.82) is 0 Å². The topological polar surface area (TPSA) is 34.1 Å². The highest BCUT2D eigenvalue weighted by atomic mass is 35.5. The molecule has 0 saturated carbocycles. The molecule has 2 aromatic rings. The molecule has 2 unspecified atom stereocenters. The van der Waals surface area contributed by atoms with Gasteiger partial charge in [0.1, 0.15) is 0 Å². The van der Waals surface area contributed by atoms with Gasteiger partial charge in [0.15, 0.2) is 6.16 Å². The molecule has 0 amide bonds. The lowest BCUT2D eigenvalue weighted by Crippen LogP contribution is -2.18. The maximum atomic E-state index is 13.0. The molecule has 0 saturated heterocycles. The summed E-state index contributed by atoms with van der Waals surface area (Å²) in [6.07, 6.45) is 1.52. The number of ketones is 1. The Morgan fingerprint density at radius 1 is 1.04 bits per heavy atom. The fraction of sp³-hybridized carbons (Fsp3) is 0.381. The van der Waals surface area contributed by atoms with E-state index in [2.05, 4.69) is 27.7 Å². The van der Waals surface area contributed by atoms with Gasteiger partial charge in [-0.2, -0.15) is 0 Å². The first kappa shape index (κ1) is 21.1. The molecule has 2 aromatic carbocycles. The van der Waals surface area contributed by atoms with Crippen LogP contribution in [0.2, 0.25) is 10.0 Å². The van der Waals surface area contributed by atoms with Crippen molar-refractivity contribution in [2.45, 2.75) is 34.1 Å². The Kier molecular flexibility index (Phi) is 7.02. The molecule has 5 heteroatoms. The molecular weight excluding hydrogens is 386 g/mol. The van der Waals surface area contributed by atoms with Crippen LogP contribution in [-0.2, 0) is 4.57 Å². The zero-order valence-electron chi connectivity index (χ0n) is 15.6. The first-order chi connectivity index (χ1) is 12.1. The van der Waals surface area contributed by atoms with Crippen LogP contribution < -0.4 is 5.30 Å². The van der Waals surface area contributed by atoms with Crippen molar-refractivity contribution in [1.82, 2.24) is 0 Å². The summed E-state index contributed by atoms with van der Waals surface area (Å²) >= 11 is 12.4. The third-order valence-electron chi connectivity index (χ3n) is 4.05. The zero-order chi connectivity index (χ0) is 19.5. The van der Waals surface area contributed by atoms with E-state index >= 15 is 0 Å². The minimum atomic E-state index is -1.69. The van der Waals surface area contributed by atoms with Gasteiger partial charge in [-0.05, 0) is 36.1 Å². The highest BCUT2D eigenvalue weighted by Gasteiger charge is 2.31. The van der Waals surface area contributed by atoms with Gasteiger partial charge in [-0.15, -0.1) is 0 Å². The maximum Gasteiger partial charge on any atom is 0.377 e. The second-order valence-corrected chi connectivity index (χ2v) is 10.3. The van der Waals surface area contributed by atoms with Gasteiger partial charge in [-0.1, -0.05) is 73.7 Å². The molecule has 0 radical (unpaired) electrons.